The highest BCUT2D eigenvalue weighted by atomic mass is 32.1. The largest absolute Gasteiger partial charge is 0.308 e. The van der Waals surface area contributed by atoms with Crippen molar-refractivity contribution >= 4 is 70.1 Å². The fourth-order valence-electron chi connectivity index (χ4n) is 7.88. The van der Waals surface area contributed by atoms with Gasteiger partial charge in [0.25, 0.3) is 0 Å². The van der Waals surface area contributed by atoms with Gasteiger partial charge in [-0.05, 0) is 81.8 Å². The summed E-state index contributed by atoms with van der Waals surface area (Å²) >= 11 is 1.89. The van der Waals surface area contributed by atoms with Crippen LogP contribution < -0.4 is 4.90 Å². The molecule has 0 radical (unpaired) electrons. The van der Waals surface area contributed by atoms with Crippen molar-refractivity contribution in [2.75, 3.05) is 4.90 Å². The second kappa shape index (κ2) is 11.5. The Labute approximate surface area is 274 Å². The fraction of sp³-hybridized carbons (Fsp3) is 0.136. The van der Waals surface area contributed by atoms with Gasteiger partial charge in [0, 0.05) is 26.7 Å². The first-order valence-electron chi connectivity index (χ1n) is 16.6. The van der Waals surface area contributed by atoms with Crippen molar-refractivity contribution in [3.05, 3.63) is 151 Å². The molecule has 0 bridgehead atoms. The summed E-state index contributed by atoms with van der Waals surface area (Å²) in [6.07, 6.45) is 6.59. The van der Waals surface area contributed by atoms with Crippen molar-refractivity contribution in [1.82, 2.24) is 0 Å². The molecule has 0 spiro atoms. The lowest BCUT2D eigenvalue weighted by atomic mass is 9.80. The molecule has 1 aliphatic rings. The van der Waals surface area contributed by atoms with Crippen LogP contribution in [-0.2, 0) is 0 Å². The van der Waals surface area contributed by atoms with Gasteiger partial charge < -0.3 is 4.90 Å². The molecular weight excluding hydrogens is 575 g/mol. The molecule has 222 valence electrons. The van der Waals surface area contributed by atoms with Crippen LogP contribution in [0.1, 0.15) is 43.6 Å². The minimum Gasteiger partial charge on any atom is -0.308 e. The van der Waals surface area contributed by atoms with E-state index in [9.17, 15) is 0 Å². The Morgan fingerprint density at radius 2 is 1.17 bits per heavy atom. The third kappa shape index (κ3) is 4.59. The van der Waals surface area contributed by atoms with Crippen LogP contribution in [-0.4, -0.2) is 0 Å². The Bertz CT molecular complexity index is 2370. The van der Waals surface area contributed by atoms with Crippen molar-refractivity contribution in [3.63, 3.8) is 0 Å². The summed E-state index contributed by atoms with van der Waals surface area (Å²) in [4.78, 5) is 2.52. The first-order valence-corrected chi connectivity index (χ1v) is 17.5. The molecule has 0 aliphatic heterocycles. The third-order valence-electron chi connectivity index (χ3n) is 10.0. The van der Waals surface area contributed by atoms with E-state index in [2.05, 4.69) is 150 Å². The second-order valence-electron chi connectivity index (χ2n) is 12.7. The molecule has 8 aromatic rings. The lowest BCUT2D eigenvalue weighted by molar-refractivity contribution is 0.445. The minimum atomic E-state index is 0.620. The summed E-state index contributed by atoms with van der Waals surface area (Å²) in [5.41, 5.74) is 7.70. The molecule has 1 fully saturated rings. The Morgan fingerprint density at radius 3 is 2.09 bits per heavy atom. The molecule has 0 N–H and O–H groups in total. The summed E-state index contributed by atoms with van der Waals surface area (Å²) in [6.45, 7) is 0. The van der Waals surface area contributed by atoms with E-state index in [1.54, 1.807) is 0 Å². The van der Waals surface area contributed by atoms with Crippen LogP contribution in [0.5, 0.6) is 0 Å². The number of para-hydroxylation sites is 1. The van der Waals surface area contributed by atoms with Gasteiger partial charge in [0.2, 0.25) is 0 Å². The maximum atomic E-state index is 2.52. The molecule has 7 aromatic carbocycles. The van der Waals surface area contributed by atoms with Crippen LogP contribution in [0.3, 0.4) is 0 Å². The second-order valence-corrected chi connectivity index (χ2v) is 13.8. The summed E-state index contributed by atoms with van der Waals surface area (Å²) in [5.74, 6) is 0.620. The van der Waals surface area contributed by atoms with Gasteiger partial charge in [-0.15, -0.1) is 11.3 Å². The highest BCUT2D eigenvalue weighted by Gasteiger charge is 2.24. The molecule has 9 rings (SSSR count). The first-order chi connectivity index (χ1) is 22.8. The van der Waals surface area contributed by atoms with Gasteiger partial charge in [-0.2, -0.15) is 0 Å². The van der Waals surface area contributed by atoms with Crippen LogP contribution in [0.15, 0.2) is 146 Å². The molecule has 0 unspecified atom stereocenters. The average molecular weight is 610 g/mol. The van der Waals surface area contributed by atoms with Crippen LogP contribution in [0.2, 0.25) is 0 Å². The Balaban J connectivity index is 1.33. The van der Waals surface area contributed by atoms with E-state index in [-0.39, 0.29) is 0 Å². The van der Waals surface area contributed by atoms with E-state index < -0.39 is 0 Å². The molecule has 0 saturated heterocycles. The number of thiophene rings is 1. The first kappa shape index (κ1) is 27.4. The van der Waals surface area contributed by atoms with Gasteiger partial charge in [0.15, 0.2) is 0 Å². The molecule has 1 aliphatic carbocycles. The molecule has 2 heteroatoms. The zero-order valence-electron chi connectivity index (χ0n) is 25.8. The van der Waals surface area contributed by atoms with E-state index in [0.717, 1.165) is 0 Å². The van der Waals surface area contributed by atoms with Gasteiger partial charge in [0.1, 0.15) is 0 Å². The van der Waals surface area contributed by atoms with Crippen molar-refractivity contribution in [2.24, 2.45) is 0 Å². The molecule has 1 nitrogen and oxygen atoms in total. The van der Waals surface area contributed by atoms with E-state index in [4.69, 9.17) is 0 Å². The molecule has 0 amide bonds. The van der Waals surface area contributed by atoms with Gasteiger partial charge in [-0.3, -0.25) is 0 Å². The number of nitrogens with zero attached hydrogens (tertiary/aromatic N) is 1. The Hall–Kier alpha value is -4.92. The minimum absolute atomic E-state index is 0.620. The molecule has 46 heavy (non-hydrogen) atoms. The predicted octanol–water partition coefficient (Wildman–Crippen LogP) is 13.5. The van der Waals surface area contributed by atoms with E-state index in [1.807, 2.05) is 11.3 Å². The number of benzene rings is 7. The maximum Gasteiger partial charge on any atom is 0.0640 e. The van der Waals surface area contributed by atoms with Crippen molar-refractivity contribution in [2.45, 2.75) is 38.0 Å². The van der Waals surface area contributed by atoms with Crippen molar-refractivity contribution in [3.8, 4) is 11.1 Å². The summed E-state index contributed by atoms with van der Waals surface area (Å²) in [6, 6.07) is 54.2. The van der Waals surface area contributed by atoms with E-state index in [1.165, 1.54) is 108 Å². The smallest absolute Gasteiger partial charge is 0.0640 e. The Kier molecular flexibility index (Phi) is 6.83. The zero-order chi connectivity index (χ0) is 30.5. The van der Waals surface area contributed by atoms with Crippen molar-refractivity contribution < 1.29 is 0 Å². The van der Waals surface area contributed by atoms with E-state index in [0.29, 0.717) is 5.92 Å². The normalized spacial score (nSPS) is 14.0. The van der Waals surface area contributed by atoms with E-state index >= 15 is 0 Å². The average Bonchev–Trinajstić information content (AvgIpc) is 3.51. The van der Waals surface area contributed by atoms with Crippen LogP contribution in [0, 0.1) is 0 Å². The molecular formula is C44H35NS. The SMILES string of the molecule is c1ccc(N(c2ccc3ccccc3c2)c2cccc3c2sc2ccccc23)c(-c2cccc3cccc(C4CCCCC4)c23)c1. The van der Waals surface area contributed by atoms with Gasteiger partial charge in [-0.1, -0.05) is 135 Å². The summed E-state index contributed by atoms with van der Waals surface area (Å²) < 4.78 is 2.63. The summed E-state index contributed by atoms with van der Waals surface area (Å²) in [5, 5.41) is 7.89. The number of rotatable bonds is 5. The monoisotopic (exact) mass is 609 g/mol. The fourth-order valence-corrected chi connectivity index (χ4v) is 9.08. The zero-order valence-corrected chi connectivity index (χ0v) is 26.6. The molecule has 1 heterocycles. The standard InChI is InChI=1S/C44H35NS/c1-2-14-31(15-3-1)35-21-10-17-32-18-11-22-38(43(32)35)36-19-6-8-24-40(36)45(34-28-27-30-13-4-5-16-33(30)29-34)41-25-12-23-39-37-20-7-9-26-42(37)46-44(39)41/h4-13,16-29,31H,1-3,14-15H2. The molecule has 1 aromatic heterocycles. The topological polar surface area (TPSA) is 3.24 Å². The predicted molar refractivity (Wildman–Crippen MR) is 200 cm³/mol. The Morgan fingerprint density at radius 1 is 0.500 bits per heavy atom. The summed E-state index contributed by atoms with van der Waals surface area (Å²) in [7, 11) is 0. The lowest BCUT2D eigenvalue weighted by Gasteiger charge is -2.29. The van der Waals surface area contributed by atoms with Crippen molar-refractivity contribution in [1.29, 1.82) is 0 Å². The number of fused-ring (bicyclic) bond motifs is 5. The number of hydrogen-bond donors (Lipinski definition) is 0. The molecule has 1 saturated carbocycles. The van der Waals surface area contributed by atoms with Gasteiger partial charge >= 0.3 is 0 Å². The molecule has 0 atom stereocenters. The van der Waals surface area contributed by atoms with Crippen LogP contribution in [0.25, 0.3) is 52.8 Å². The van der Waals surface area contributed by atoms with Crippen LogP contribution in [0.4, 0.5) is 17.1 Å². The quantitative estimate of drug-likeness (QED) is 0.188. The van der Waals surface area contributed by atoms with Gasteiger partial charge in [0.05, 0.1) is 16.1 Å². The van der Waals surface area contributed by atoms with Gasteiger partial charge in [-0.25, -0.2) is 0 Å². The van der Waals surface area contributed by atoms with Crippen LogP contribution >= 0.6 is 11.3 Å². The maximum absolute atomic E-state index is 2.52. The highest BCUT2D eigenvalue weighted by Crippen LogP contribution is 2.49. The third-order valence-corrected chi connectivity index (χ3v) is 11.2. The number of hydrogen-bond acceptors (Lipinski definition) is 2. The lowest BCUT2D eigenvalue weighted by Crippen LogP contribution is -2.11. The number of anilines is 3. The highest BCUT2D eigenvalue weighted by molar-refractivity contribution is 7.26.